The summed E-state index contributed by atoms with van der Waals surface area (Å²) in [4.78, 5) is 16.7. The quantitative estimate of drug-likeness (QED) is 0.606. The maximum atomic E-state index is 12.0. The number of hydrogen-bond acceptors (Lipinski definition) is 4. The topological polar surface area (TPSA) is 67.5 Å². The second kappa shape index (κ2) is 8.69. The molecule has 0 unspecified atom stereocenters. The molecular weight excluding hydrogens is 469 g/mol. The number of nitrogens with one attached hydrogen (secondary N) is 1. The van der Waals surface area contributed by atoms with E-state index in [0.29, 0.717) is 32.0 Å². The van der Waals surface area contributed by atoms with Crippen molar-refractivity contribution in [3.05, 3.63) is 79.4 Å². The highest BCUT2D eigenvalue weighted by Gasteiger charge is 2.29. The van der Waals surface area contributed by atoms with Crippen LogP contribution in [-0.4, -0.2) is 11.1 Å². The van der Waals surface area contributed by atoms with Gasteiger partial charge in [-0.05, 0) is 30.7 Å². The van der Waals surface area contributed by atoms with E-state index in [1.54, 1.807) is 36.9 Å². The number of carbonyl (C=O) groups is 1. The van der Waals surface area contributed by atoms with Crippen LogP contribution in [0.2, 0.25) is 10.0 Å². The lowest BCUT2D eigenvalue weighted by molar-refractivity contribution is -0.114. The highest BCUT2D eigenvalue weighted by atomic mass is 79.9. The fraction of sp³-hybridized carbons (Fsp3) is 0.158. The summed E-state index contributed by atoms with van der Waals surface area (Å²) in [6, 6.07) is 12.8. The minimum atomic E-state index is -0.595. The largest absolute Gasteiger partial charge is 0.366 e. The molecule has 1 aliphatic heterocycles. The molecule has 27 heavy (non-hydrogen) atoms. The van der Waals surface area contributed by atoms with Crippen LogP contribution in [0.15, 0.2) is 63.2 Å². The number of benzene rings is 2. The lowest BCUT2D eigenvalue weighted by Gasteiger charge is -2.26. The van der Waals surface area contributed by atoms with Gasteiger partial charge in [0.15, 0.2) is 5.17 Å². The van der Waals surface area contributed by atoms with Crippen LogP contribution in [0.4, 0.5) is 0 Å². The molecule has 3 rings (SSSR count). The molecule has 4 nitrogen and oxygen atoms in total. The highest BCUT2D eigenvalue weighted by molar-refractivity contribution is 9.10. The molecule has 0 bridgehead atoms. The monoisotopic (exact) mass is 483 g/mol. The average Bonchev–Trinajstić information content (AvgIpc) is 2.62. The van der Waals surface area contributed by atoms with Gasteiger partial charge in [0, 0.05) is 21.5 Å². The Kier molecular flexibility index (Phi) is 6.52. The number of hydrogen-bond donors (Lipinski definition) is 2. The average molecular weight is 485 g/mol. The maximum Gasteiger partial charge on any atom is 0.248 e. The van der Waals surface area contributed by atoms with Crippen molar-refractivity contribution in [2.45, 2.75) is 18.7 Å². The van der Waals surface area contributed by atoms with Crippen LogP contribution in [0.1, 0.15) is 24.1 Å². The highest BCUT2D eigenvalue weighted by Crippen LogP contribution is 2.38. The number of allylic oxidation sites excluding steroid dienone is 1. The third kappa shape index (κ3) is 4.69. The number of amidine groups is 1. The molecule has 1 heterocycles. The van der Waals surface area contributed by atoms with E-state index in [9.17, 15) is 4.79 Å². The van der Waals surface area contributed by atoms with Gasteiger partial charge in [0.1, 0.15) is 6.04 Å². The number of amides is 1. The number of nitrogens with two attached hydrogens (primary N) is 1. The van der Waals surface area contributed by atoms with Gasteiger partial charge in [-0.1, -0.05) is 75.2 Å². The van der Waals surface area contributed by atoms with Crippen molar-refractivity contribution in [2.24, 2.45) is 10.7 Å². The minimum Gasteiger partial charge on any atom is -0.366 e. The molecule has 0 aromatic heterocycles. The van der Waals surface area contributed by atoms with Gasteiger partial charge in [-0.3, -0.25) is 4.79 Å². The zero-order valence-corrected chi connectivity index (χ0v) is 18.2. The van der Waals surface area contributed by atoms with Crippen molar-refractivity contribution in [3.63, 3.8) is 0 Å². The van der Waals surface area contributed by atoms with E-state index in [1.807, 2.05) is 24.3 Å². The number of primary amides is 1. The van der Waals surface area contributed by atoms with Crippen molar-refractivity contribution in [1.29, 1.82) is 0 Å². The maximum absolute atomic E-state index is 12.0. The molecule has 0 fully saturated rings. The Morgan fingerprint density at radius 3 is 2.63 bits per heavy atom. The van der Waals surface area contributed by atoms with Gasteiger partial charge >= 0.3 is 0 Å². The molecule has 8 heteroatoms. The predicted octanol–water partition coefficient (Wildman–Crippen LogP) is 5.45. The Morgan fingerprint density at radius 1 is 1.26 bits per heavy atom. The summed E-state index contributed by atoms with van der Waals surface area (Å²) in [6.45, 7) is 1.81. The first-order valence-corrected chi connectivity index (χ1v) is 10.6. The summed E-state index contributed by atoms with van der Waals surface area (Å²) in [5, 5.41) is 4.65. The summed E-state index contributed by atoms with van der Waals surface area (Å²) in [7, 11) is 0. The summed E-state index contributed by atoms with van der Waals surface area (Å²) in [6.07, 6.45) is 0. The third-order valence-electron chi connectivity index (χ3n) is 4.05. The van der Waals surface area contributed by atoms with Crippen LogP contribution in [-0.2, 0) is 10.5 Å². The summed E-state index contributed by atoms with van der Waals surface area (Å²) < 4.78 is 1.03. The number of aliphatic imine (C=N–C) groups is 1. The van der Waals surface area contributed by atoms with Gasteiger partial charge in [0.05, 0.1) is 15.6 Å². The Labute approximate surface area is 180 Å². The zero-order chi connectivity index (χ0) is 19.6. The van der Waals surface area contributed by atoms with E-state index in [1.165, 1.54) is 0 Å². The summed E-state index contributed by atoms with van der Waals surface area (Å²) >= 11 is 17.5. The number of nitrogens with zero attached hydrogens (tertiary/aromatic N) is 1. The van der Waals surface area contributed by atoms with E-state index in [2.05, 4.69) is 21.2 Å². The number of rotatable bonds is 4. The number of thioether (sulfide) groups is 1. The first kappa shape index (κ1) is 20.3. The Balaban J connectivity index is 1.91. The molecule has 2 aromatic carbocycles. The molecule has 0 saturated carbocycles. The number of halogens is 3. The second-order valence-electron chi connectivity index (χ2n) is 5.92. The second-order valence-corrected chi connectivity index (χ2v) is 8.59. The minimum absolute atomic E-state index is 0.374. The molecule has 140 valence electrons. The summed E-state index contributed by atoms with van der Waals surface area (Å²) in [5.74, 6) is 0.190. The van der Waals surface area contributed by atoms with E-state index in [-0.39, 0.29) is 0 Å². The Hall–Kier alpha value is -1.47. The fourth-order valence-corrected chi connectivity index (χ4v) is 4.31. The predicted molar refractivity (Wildman–Crippen MR) is 117 cm³/mol. The standard InChI is InChI=1S/C19H16BrCl2N3OS/c1-10-15(18(23)26)17(13-3-2-4-14(21)16(13)22)25-19(24-10)27-9-11-5-7-12(20)8-6-11/h2-8,17H,9H2,1H3,(H2,23,26)(H,24,25)/t17-/m0/s1. The molecule has 0 spiro atoms. The zero-order valence-electron chi connectivity index (χ0n) is 14.3. The van der Waals surface area contributed by atoms with Crippen molar-refractivity contribution in [2.75, 3.05) is 0 Å². The van der Waals surface area contributed by atoms with E-state index >= 15 is 0 Å². The molecule has 1 aliphatic rings. The van der Waals surface area contributed by atoms with Crippen molar-refractivity contribution >= 4 is 62.0 Å². The molecule has 1 amide bonds. The van der Waals surface area contributed by atoms with E-state index in [0.717, 1.165) is 15.8 Å². The molecular formula is C19H16BrCl2N3OS. The van der Waals surface area contributed by atoms with E-state index < -0.39 is 11.9 Å². The molecule has 2 aromatic rings. The van der Waals surface area contributed by atoms with Crippen LogP contribution >= 0.6 is 50.9 Å². The molecule has 0 radical (unpaired) electrons. The molecule has 0 saturated heterocycles. The SMILES string of the molecule is CC1=C(C(N)=O)[C@H](c2cccc(Cl)c2Cl)N=C(SCc2ccc(Br)cc2)N1. The summed E-state index contributed by atoms with van der Waals surface area (Å²) in [5.41, 5.74) is 8.46. The lowest BCUT2D eigenvalue weighted by Crippen LogP contribution is -2.32. The van der Waals surface area contributed by atoms with Crippen molar-refractivity contribution in [3.8, 4) is 0 Å². The van der Waals surface area contributed by atoms with Gasteiger partial charge in [-0.2, -0.15) is 0 Å². The van der Waals surface area contributed by atoms with Gasteiger partial charge in [-0.25, -0.2) is 4.99 Å². The lowest BCUT2D eigenvalue weighted by atomic mass is 9.96. The third-order valence-corrected chi connectivity index (χ3v) is 6.37. The fourth-order valence-electron chi connectivity index (χ4n) is 2.73. The van der Waals surface area contributed by atoms with Crippen LogP contribution in [0.25, 0.3) is 0 Å². The van der Waals surface area contributed by atoms with Gasteiger partial charge in [-0.15, -0.1) is 0 Å². The first-order chi connectivity index (χ1) is 12.9. The number of carbonyl (C=O) groups excluding carboxylic acids is 1. The molecule has 0 aliphatic carbocycles. The Bertz CT molecular complexity index is 944. The molecule has 1 atom stereocenters. The van der Waals surface area contributed by atoms with Gasteiger partial charge < -0.3 is 11.1 Å². The van der Waals surface area contributed by atoms with Crippen LogP contribution in [0, 0.1) is 0 Å². The van der Waals surface area contributed by atoms with Crippen LogP contribution in [0.3, 0.4) is 0 Å². The molecule has 3 N–H and O–H groups in total. The smallest absolute Gasteiger partial charge is 0.248 e. The van der Waals surface area contributed by atoms with Gasteiger partial charge in [0.25, 0.3) is 0 Å². The van der Waals surface area contributed by atoms with Crippen LogP contribution in [0.5, 0.6) is 0 Å². The van der Waals surface area contributed by atoms with Crippen molar-refractivity contribution in [1.82, 2.24) is 5.32 Å². The van der Waals surface area contributed by atoms with Gasteiger partial charge in [0.2, 0.25) is 5.91 Å². The Morgan fingerprint density at radius 2 is 1.96 bits per heavy atom. The van der Waals surface area contributed by atoms with E-state index in [4.69, 9.17) is 33.9 Å². The van der Waals surface area contributed by atoms with Crippen LogP contribution < -0.4 is 11.1 Å². The van der Waals surface area contributed by atoms with Crippen molar-refractivity contribution < 1.29 is 4.79 Å². The normalized spacial score (nSPS) is 16.7. The first-order valence-electron chi connectivity index (χ1n) is 8.03.